The van der Waals surface area contributed by atoms with Crippen LogP contribution in [0.25, 0.3) is 0 Å². The third-order valence-electron chi connectivity index (χ3n) is 2.30. The molecule has 1 saturated heterocycles. The molecule has 1 fully saturated rings. The van der Waals surface area contributed by atoms with Crippen LogP contribution in [0, 0.1) is 5.41 Å². The van der Waals surface area contributed by atoms with Gasteiger partial charge in [0.1, 0.15) is 0 Å². The van der Waals surface area contributed by atoms with E-state index >= 15 is 0 Å². The van der Waals surface area contributed by atoms with Gasteiger partial charge >= 0.3 is 0 Å². The van der Waals surface area contributed by atoms with Gasteiger partial charge in [0.05, 0.1) is 6.61 Å². The van der Waals surface area contributed by atoms with Crippen LogP contribution < -0.4 is 0 Å². The minimum absolute atomic E-state index is 0.305. The number of hydrogen-bond acceptors (Lipinski definition) is 2. The Morgan fingerprint density at radius 3 is 2.08 bits per heavy atom. The summed E-state index contributed by atoms with van der Waals surface area (Å²) < 4.78 is 0. The lowest BCUT2D eigenvalue weighted by atomic mass is 9.91. The lowest BCUT2D eigenvalue weighted by molar-refractivity contribution is 0.182. The standard InChI is InChI=1S/C8H17NO.C2H6/c1-8(2)4-7(5-10)9(3)6-8;1-2/h7,10H,4-6H2,1-3H3;1-2H3/t7-;/m0./s1. The maximum Gasteiger partial charge on any atom is 0.0586 e. The normalized spacial score (nSPS) is 28.0. The molecule has 1 rings (SSSR count). The summed E-state index contributed by atoms with van der Waals surface area (Å²) in [4.78, 5) is 2.24. The molecule has 0 aromatic rings. The van der Waals surface area contributed by atoms with Crippen molar-refractivity contribution in [2.45, 2.75) is 40.2 Å². The van der Waals surface area contributed by atoms with E-state index in [4.69, 9.17) is 5.11 Å². The Kier molecular flexibility index (Phi) is 4.80. The highest BCUT2D eigenvalue weighted by molar-refractivity contribution is 4.88. The van der Waals surface area contributed by atoms with Gasteiger partial charge in [0, 0.05) is 12.6 Å². The molecule has 1 heterocycles. The largest absolute Gasteiger partial charge is 0.395 e. The SMILES string of the molecule is CC.CN1CC(C)(C)C[C@H]1CO. The van der Waals surface area contributed by atoms with Gasteiger partial charge in [0.25, 0.3) is 0 Å². The van der Waals surface area contributed by atoms with Crippen molar-refractivity contribution in [1.29, 1.82) is 0 Å². The topological polar surface area (TPSA) is 23.5 Å². The monoisotopic (exact) mass is 173 g/mol. The van der Waals surface area contributed by atoms with Crippen molar-refractivity contribution in [2.75, 3.05) is 20.2 Å². The number of aliphatic hydroxyl groups excluding tert-OH is 1. The highest BCUT2D eigenvalue weighted by Gasteiger charge is 2.34. The van der Waals surface area contributed by atoms with Crippen molar-refractivity contribution in [3.63, 3.8) is 0 Å². The van der Waals surface area contributed by atoms with Crippen molar-refractivity contribution in [1.82, 2.24) is 4.90 Å². The van der Waals surface area contributed by atoms with Gasteiger partial charge in [-0.25, -0.2) is 0 Å². The first-order valence-electron chi connectivity index (χ1n) is 4.86. The molecule has 1 aliphatic rings. The van der Waals surface area contributed by atoms with Crippen LogP contribution in [0.5, 0.6) is 0 Å². The maximum atomic E-state index is 8.93. The summed E-state index contributed by atoms with van der Waals surface area (Å²) in [6.07, 6.45) is 1.12. The van der Waals surface area contributed by atoms with Crippen LogP contribution in [0.15, 0.2) is 0 Å². The lowest BCUT2D eigenvalue weighted by Gasteiger charge is -2.16. The molecule has 2 heteroatoms. The maximum absolute atomic E-state index is 8.93. The first-order valence-corrected chi connectivity index (χ1v) is 4.86. The fourth-order valence-corrected chi connectivity index (χ4v) is 1.87. The van der Waals surface area contributed by atoms with Gasteiger partial charge in [0.2, 0.25) is 0 Å². The lowest BCUT2D eigenvalue weighted by Crippen LogP contribution is -2.28. The molecular formula is C10H23NO. The van der Waals surface area contributed by atoms with Crippen molar-refractivity contribution < 1.29 is 5.11 Å². The summed E-state index contributed by atoms with van der Waals surface area (Å²) >= 11 is 0. The second-order valence-electron chi connectivity index (χ2n) is 4.12. The van der Waals surface area contributed by atoms with Crippen LogP contribution in [0.4, 0.5) is 0 Å². The number of likely N-dealkylation sites (N-methyl/N-ethyl adjacent to an activating group) is 1. The van der Waals surface area contributed by atoms with Gasteiger partial charge in [0.15, 0.2) is 0 Å². The summed E-state index contributed by atoms with van der Waals surface area (Å²) in [6, 6.07) is 0.398. The molecule has 0 bridgehead atoms. The van der Waals surface area contributed by atoms with E-state index in [1.54, 1.807) is 0 Å². The highest BCUT2D eigenvalue weighted by atomic mass is 16.3. The molecular weight excluding hydrogens is 150 g/mol. The van der Waals surface area contributed by atoms with E-state index in [2.05, 4.69) is 25.8 Å². The summed E-state index contributed by atoms with van der Waals surface area (Å²) in [5.74, 6) is 0. The van der Waals surface area contributed by atoms with Gasteiger partial charge in [-0.05, 0) is 18.9 Å². The van der Waals surface area contributed by atoms with E-state index in [9.17, 15) is 0 Å². The Morgan fingerprint density at radius 2 is 1.92 bits per heavy atom. The van der Waals surface area contributed by atoms with Gasteiger partial charge in [-0.3, -0.25) is 0 Å². The van der Waals surface area contributed by atoms with Crippen molar-refractivity contribution in [3.8, 4) is 0 Å². The summed E-state index contributed by atoms with van der Waals surface area (Å²) in [7, 11) is 2.08. The first kappa shape index (κ1) is 11.9. The van der Waals surface area contributed by atoms with E-state index in [0.717, 1.165) is 13.0 Å². The third-order valence-corrected chi connectivity index (χ3v) is 2.30. The summed E-state index contributed by atoms with van der Waals surface area (Å²) in [5.41, 5.74) is 0.405. The van der Waals surface area contributed by atoms with Crippen molar-refractivity contribution in [2.24, 2.45) is 5.41 Å². The molecule has 1 atom stereocenters. The zero-order valence-electron chi connectivity index (χ0n) is 9.09. The van der Waals surface area contributed by atoms with Crippen LogP contribution in [0.3, 0.4) is 0 Å². The van der Waals surface area contributed by atoms with Crippen LogP contribution in [-0.2, 0) is 0 Å². The molecule has 2 nitrogen and oxygen atoms in total. The van der Waals surface area contributed by atoms with E-state index in [1.165, 1.54) is 0 Å². The Labute approximate surface area is 76.6 Å². The molecule has 12 heavy (non-hydrogen) atoms. The van der Waals surface area contributed by atoms with E-state index in [-0.39, 0.29) is 0 Å². The average Bonchev–Trinajstić information content (AvgIpc) is 2.28. The molecule has 0 aliphatic carbocycles. The van der Waals surface area contributed by atoms with Crippen LogP contribution >= 0.6 is 0 Å². The molecule has 1 N–H and O–H groups in total. The van der Waals surface area contributed by atoms with Gasteiger partial charge in [-0.2, -0.15) is 0 Å². The minimum atomic E-state index is 0.305. The quantitative estimate of drug-likeness (QED) is 0.653. The first-order chi connectivity index (χ1) is 5.55. The number of likely N-dealkylation sites (tertiary alicyclic amines) is 1. The second-order valence-corrected chi connectivity index (χ2v) is 4.12. The third kappa shape index (κ3) is 3.11. The Balaban J connectivity index is 0.000000561. The molecule has 0 radical (unpaired) electrons. The second kappa shape index (κ2) is 4.83. The summed E-state index contributed by atoms with van der Waals surface area (Å²) in [6.45, 7) is 9.91. The van der Waals surface area contributed by atoms with E-state index in [1.807, 2.05) is 13.8 Å². The average molecular weight is 173 g/mol. The van der Waals surface area contributed by atoms with E-state index < -0.39 is 0 Å². The molecule has 0 unspecified atom stereocenters. The number of rotatable bonds is 1. The molecule has 74 valence electrons. The van der Waals surface area contributed by atoms with Crippen molar-refractivity contribution in [3.05, 3.63) is 0 Å². The summed E-state index contributed by atoms with van der Waals surface area (Å²) in [5, 5.41) is 8.93. The number of aliphatic hydroxyl groups is 1. The predicted molar refractivity (Wildman–Crippen MR) is 53.2 cm³/mol. The highest BCUT2D eigenvalue weighted by Crippen LogP contribution is 2.32. The van der Waals surface area contributed by atoms with Gasteiger partial charge < -0.3 is 10.0 Å². The molecule has 1 aliphatic heterocycles. The van der Waals surface area contributed by atoms with Crippen LogP contribution in [0.1, 0.15) is 34.1 Å². The Bertz CT molecular complexity index is 123. The van der Waals surface area contributed by atoms with Crippen molar-refractivity contribution >= 4 is 0 Å². The molecule has 0 aromatic heterocycles. The number of nitrogens with zero attached hydrogens (tertiary/aromatic N) is 1. The molecule has 0 spiro atoms. The zero-order chi connectivity index (χ0) is 9.78. The number of hydrogen-bond donors (Lipinski definition) is 1. The van der Waals surface area contributed by atoms with Crippen LogP contribution in [0.2, 0.25) is 0 Å². The van der Waals surface area contributed by atoms with Crippen LogP contribution in [-0.4, -0.2) is 36.2 Å². The van der Waals surface area contributed by atoms with E-state index in [0.29, 0.717) is 18.1 Å². The zero-order valence-corrected chi connectivity index (χ0v) is 9.09. The molecule has 0 amide bonds. The fraction of sp³-hybridized carbons (Fsp3) is 1.00. The predicted octanol–water partition coefficient (Wildman–Crippen LogP) is 1.74. The molecule has 0 aromatic carbocycles. The fourth-order valence-electron chi connectivity index (χ4n) is 1.87. The van der Waals surface area contributed by atoms with Gasteiger partial charge in [-0.1, -0.05) is 27.7 Å². The molecule has 0 saturated carbocycles. The Hall–Kier alpha value is -0.0800. The Morgan fingerprint density at radius 1 is 1.42 bits per heavy atom. The minimum Gasteiger partial charge on any atom is -0.395 e. The van der Waals surface area contributed by atoms with Gasteiger partial charge in [-0.15, -0.1) is 0 Å². The smallest absolute Gasteiger partial charge is 0.0586 e.